The Morgan fingerprint density at radius 3 is 3.17 bits per heavy atom. The van der Waals surface area contributed by atoms with Crippen molar-refractivity contribution < 1.29 is 9.84 Å². The van der Waals surface area contributed by atoms with Crippen molar-refractivity contribution in [2.75, 3.05) is 13.2 Å². The van der Waals surface area contributed by atoms with Crippen LogP contribution in [0.5, 0.6) is 0 Å². The monoisotopic (exact) mass is 167 g/mol. The van der Waals surface area contributed by atoms with Gasteiger partial charge in [-0.25, -0.2) is 0 Å². The Balaban J connectivity index is 2.46. The maximum atomic E-state index is 8.51. The first-order valence-electron chi connectivity index (χ1n) is 3.97. The minimum atomic E-state index is 0.0393. The summed E-state index contributed by atoms with van der Waals surface area (Å²) in [7, 11) is 0. The minimum Gasteiger partial charge on any atom is -0.490 e. The van der Waals surface area contributed by atoms with E-state index in [1.165, 1.54) is 0 Å². The number of aliphatic imine (C=N–C) groups is 1. The lowest BCUT2D eigenvalue weighted by molar-refractivity contribution is 0.156. The molecule has 3 heteroatoms. The van der Waals surface area contributed by atoms with Crippen LogP contribution in [-0.4, -0.2) is 24.5 Å². The molecule has 0 saturated heterocycles. The third kappa shape index (κ3) is 2.88. The summed E-state index contributed by atoms with van der Waals surface area (Å²) in [5.74, 6) is 0.733. The van der Waals surface area contributed by atoms with Crippen molar-refractivity contribution in [1.82, 2.24) is 0 Å². The standard InChI is InChI=1S/C9H13NO2/c1-8-3-2-4-9(7-10-8)12-6-5-11/h3-4,7,11H,2,5-6H2,1H3. The normalized spacial score (nSPS) is 16.5. The lowest BCUT2D eigenvalue weighted by Gasteiger charge is -2.02. The van der Waals surface area contributed by atoms with Crippen LogP contribution in [0.2, 0.25) is 0 Å². The summed E-state index contributed by atoms with van der Waals surface area (Å²) in [6.45, 7) is 2.31. The highest BCUT2D eigenvalue weighted by Gasteiger charge is 1.96. The van der Waals surface area contributed by atoms with E-state index in [1.54, 1.807) is 6.21 Å². The molecule has 0 bridgehead atoms. The van der Waals surface area contributed by atoms with Gasteiger partial charge in [-0.05, 0) is 19.4 Å². The molecule has 0 saturated carbocycles. The zero-order valence-electron chi connectivity index (χ0n) is 7.16. The van der Waals surface area contributed by atoms with E-state index in [9.17, 15) is 0 Å². The lowest BCUT2D eigenvalue weighted by atomic mass is 10.3. The second-order valence-corrected chi connectivity index (χ2v) is 2.52. The Morgan fingerprint density at radius 1 is 1.58 bits per heavy atom. The van der Waals surface area contributed by atoms with E-state index < -0.39 is 0 Å². The third-order valence-electron chi connectivity index (χ3n) is 1.49. The van der Waals surface area contributed by atoms with Crippen molar-refractivity contribution in [3.8, 4) is 0 Å². The lowest BCUT2D eigenvalue weighted by Crippen LogP contribution is -1.99. The van der Waals surface area contributed by atoms with Gasteiger partial charge in [-0.15, -0.1) is 0 Å². The van der Waals surface area contributed by atoms with Crippen LogP contribution < -0.4 is 0 Å². The molecule has 0 fully saturated rings. The van der Waals surface area contributed by atoms with Crippen molar-refractivity contribution in [2.45, 2.75) is 13.3 Å². The summed E-state index contributed by atoms with van der Waals surface area (Å²) in [5.41, 5.74) is 0.994. The van der Waals surface area contributed by atoms with Gasteiger partial charge in [0.2, 0.25) is 0 Å². The van der Waals surface area contributed by atoms with Crippen molar-refractivity contribution >= 4 is 6.21 Å². The van der Waals surface area contributed by atoms with Crippen LogP contribution in [0, 0.1) is 0 Å². The topological polar surface area (TPSA) is 41.8 Å². The quantitative estimate of drug-likeness (QED) is 0.687. The van der Waals surface area contributed by atoms with Gasteiger partial charge >= 0.3 is 0 Å². The van der Waals surface area contributed by atoms with E-state index in [4.69, 9.17) is 9.84 Å². The minimum absolute atomic E-state index is 0.0393. The van der Waals surface area contributed by atoms with Gasteiger partial charge < -0.3 is 9.84 Å². The average molecular weight is 167 g/mol. The summed E-state index contributed by atoms with van der Waals surface area (Å²) in [5, 5.41) is 8.51. The van der Waals surface area contributed by atoms with Crippen LogP contribution >= 0.6 is 0 Å². The van der Waals surface area contributed by atoms with E-state index in [0.29, 0.717) is 6.61 Å². The van der Waals surface area contributed by atoms with E-state index in [0.717, 1.165) is 17.9 Å². The highest BCUT2D eigenvalue weighted by molar-refractivity contribution is 5.77. The molecule has 12 heavy (non-hydrogen) atoms. The van der Waals surface area contributed by atoms with E-state index in [1.807, 2.05) is 19.1 Å². The molecule has 3 nitrogen and oxygen atoms in total. The fraction of sp³-hybridized carbons (Fsp3) is 0.444. The number of nitrogens with zero attached hydrogens (tertiary/aromatic N) is 1. The number of allylic oxidation sites excluding steroid dienone is 4. The number of rotatable bonds is 3. The predicted molar refractivity (Wildman–Crippen MR) is 48.0 cm³/mol. The fourth-order valence-corrected chi connectivity index (χ4v) is 0.876. The van der Waals surface area contributed by atoms with Gasteiger partial charge in [-0.2, -0.15) is 0 Å². The fourth-order valence-electron chi connectivity index (χ4n) is 0.876. The molecule has 0 amide bonds. The summed E-state index contributed by atoms with van der Waals surface area (Å²) >= 11 is 0. The highest BCUT2D eigenvalue weighted by Crippen LogP contribution is 2.06. The molecular formula is C9H13NO2. The summed E-state index contributed by atoms with van der Waals surface area (Å²) in [4.78, 5) is 4.12. The van der Waals surface area contributed by atoms with Gasteiger partial charge in [0.05, 0.1) is 12.8 Å². The number of aliphatic hydroxyl groups is 1. The average Bonchev–Trinajstić information content (AvgIpc) is 2.27. The molecule has 1 aliphatic heterocycles. The molecule has 0 aromatic carbocycles. The van der Waals surface area contributed by atoms with E-state index in [2.05, 4.69) is 4.99 Å². The number of hydrogen-bond donors (Lipinski definition) is 1. The van der Waals surface area contributed by atoms with Gasteiger partial charge in [0.15, 0.2) is 0 Å². The van der Waals surface area contributed by atoms with Crippen LogP contribution in [0.4, 0.5) is 0 Å². The molecule has 0 spiro atoms. The first-order chi connectivity index (χ1) is 5.83. The molecule has 0 atom stereocenters. The van der Waals surface area contributed by atoms with E-state index >= 15 is 0 Å². The number of hydrogen-bond acceptors (Lipinski definition) is 3. The van der Waals surface area contributed by atoms with Crippen LogP contribution in [0.3, 0.4) is 0 Å². The van der Waals surface area contributed by atoms with Crippen LogP contribution in [-0.2, 0) is 4.74 Å². The molecule has 0 radical (unpaired) electrons. The molecule has 66 valence electrons. The molecule has 0 unspecified atom stereocenters. The van der Waals surface area contributed by atoms with Gasteiger partial charge in [0, 0.05) is 5.70 Å². The van der Waals surface area contributed by atoms with E-state index in [-0.39, 0.29) is 6.61 Å². The molecule has 0 aromatic heterocycles. The SMILES string of the molecule is CC1=CCC=C(OCCO)C=N1. The molecular weight excluding hydrogens is 154 g/mol. The number of ether oxygens (including phenoxy) is 1. The predicted octanol–water partition coefficient (Wildman–Crippen LogP) is 1.26. The van der Waals surface area contributed by atoms with Crippen molar-refractivity contribution in [3.05, 3.63) is 23.6 Å². The molecule has 0 aliphatic carbocycles. The molecule has 1 rings (SSSR count). The van der Waals surface area contributed by atoms with Crippen molar-refractivity contribution in [1.29, 1.82) is 0 Å². The Bertz CT molecular complexity index is 229. The first kappa shape index (κ1) is 9.00. The van der Waals surface area contributed by atoms with Gasteiger partial charge in [-0.3, -0.25) is 4.99 Å². The molecule has 1 aliphatic rings. The second-order valence-electron chi connectivity index (χ2n) is 2.52. The summed E-state index contributed by atoms with van der Waals surface area (Å²) < 4.78 is 5.19. The number of aliphatic hydroxyl groups excluding tert-OH is 1. The van der Waals surface area contributed by atoms with Gasteiger partial charge in [-0.1, -0.05) is 6.08 Å². The van der Waals surface area contributed by atoms with Crippen LogP contribution in [0.25, 0.3) is 0 Å². The first-order valence-corrected chi connectivity index (χ1v) is 3.97. The Labute approximate surface area is 72.1 Å². The summed E-state index contributed by atoms with van der Waals surface area (Å²) in [6.07, 6.45) is 6.47. The Kier molecular flexibility index (Phi) is 3.54. The maximum Gasteiger partial charge on any atom is 0.133 e. The van der Waals surface area contributed by atoms with Gasteiger partial charge in [0.1, 0.15) is 12.4 Å². The van der Waals surface area contributed by atoms with Gasteiger partial charge in [0.25, 0.3) is 0 Å². The molecule has 0 aromatic rings. The molecule has 1 heterocycles. The highest BCUT2D eigenvalue weighted by atomic mass is 16.5. The smallest absolute Gasteiger partial charge is 0.133 e. The van der Waals surface area contributed by atoms with Crippen molar-refractivity contribution in [3.63, 3.8) is 0 Å². The maximum absolute atomic E-state index is 8.51. The van der Waals surface area contributed by atoms with Crippen LogP contribution in [0.15, 0.2) is 28.6 Å². The third-order valence-corrected chi connectivity index (χ3v) is 1.49. The largest absolute Gasteiger partial charge is 0.490 e. The van der Waals surface area contributed by atoms with Crippen molar-refractivity contribution in [2.24, 2.45) is 4.99 Å². The zero-order chi connectivity index (χ0) is 8.81. The molecule has 1 N–H and O–H groups in total. The Morgan fingerprint density at radius 2 is 2.42 bits per heavy atom. The zero-order valence-corrected chi connectivity index (χ0v) is 7.16. The van der Waals surface area contributed by atoms with Crippen LogP contribution in [0.1, 0.15) is 13.3 Å². The Hall–Kier alpha value is -1.09. The summed E-state index contributed by atoms with van der Waals surface area (Å²) in [6, 6.07) is 0. The second kappa shape index (κ2) is 4.72.